The Morgan fingerprint density at radius 2 is 2.23 bits per heavy atom. The zero-order valence-electron chi connectivity index (χ0n) is 7.12. The molecule has 0 unspecified atom stereocenters. The summed E-state index contributed by atoms with van der Waals surface area (Å²) in [6.07, 6.45) is 0. The minimum Gasteiger partial charge on any atom is -0.496 e. The van der Waals surface area contributed by atoms with Gasteiger partial charge in [-0.05, 0) is 12.1 Å². The van der Waals surface area contributed by atoms with E-state index in [1.54, 1.807) is 18.2 Å². The van der Waals surface area contributed by atoms with E-state index in [1.165, 1.54) is 7.11 Å². The summed E-state index contributed by atoms with van der Waals surface area (Å²) < 4.78 is 5.05. The second-order valence-electron chi connectivity index (χ2n) is 2.33. The van der Waals surface area contributed by atoms with Crippen LogP contribution >= 0.6 is 11.6 Å². The SMILES string of the molecule is COc1cccc(Cl)c1/C(N)=N/N. The highest BCUT2D eigenvalue weighted by Gasteiger charge is 2.10. The number of nitrogens with two attached hydrogens (primary N) is 2. The summed E-state index contributed by atoms with van der Waals surface area (Å²) >= 11 is 5.89. The third-order valence-corrected chi connectivity index (χ3v) is 1.91. The fourth-order valence-electron chi connectivity index (χ4n) is 0.988. The van der Waals surface area contributed by atoms with E-state index in [1.807, 2.05) is 0 Å². The second kappa shape index (κ2) is 4.00. The van der Waals surface area contributed by atoms with E-state index < -0.39 is 0 Å². The average Bonchev–Trinajstić information content (AvgIpc) is 2.16. The monoisotopic (exact) mass is 199 g/mol. The van der Waals surface area contributed by atoms with Gasteiger partial charge in [-0.15, -0.1) is 0 Å². The highest BCUT2D eigenvalue weighted by atomic mass is 35.5. The third kappa shape index (κ3) is 1.84. The fraction of sp³-hybridized carbons (Fsp3) is 0.125. The highest BCUT2D eigenvalue weighted by Crippen LogP contribution is 2.25. The quantitative estimate of drug-likeness (QED) is 0.322. The van der Waals surface area contributed by atoms with Crippen molar-refractivity contribution in [3.63, 3.8) is 0 Å². The number of nitrogens with zero attached hydrogens (tertiary/aromatic N) is 1. The first-order valence-corrected chi connectivity index (χ1v) is 3.94. The summed E-state index contributed by atoms with van der Waals surface area (Å²) in [5.41, 5.74) is 6.05. The van der Waals surface area contributed by atoms with Gasteiger partial charge in [-0.2, -0.15) is 5.10 Å². The fourth-order valence-corrected chi connectivity index (χ4v) is 1.25. The zero-order chi connectivity index (χ0) is 9.84. The first-order valence-electron chi connectivity index (χ1n) is 3.57. The average molecular weight is 200 g/mol. The number of halogens is 1. The summed E-state index contributed by atoms with van der Waals surface area (Å²) in [4.78, 5) is 0. The van der Waals surface area contributed by atoms with Crippen molar-refractivity contribution >= 4 is 17.4 Å². The van der Waals surface area contributed by atoms with Crippen LogP contribution in [0.2, 0.25) is 5.02 Å². The molecular weight excluding hydrogens is 190 g/mol. The molecule has 1 aromatic rings. The molecule has 4 N–H and O–H groups in total. The van der Waals surface area contributed by atoms with Crippen LogP contribution in [0.5, 0.6) is 5.75 Å². The number of methoxy groups -OCH3 is 1. The van der Waals surface area contributed by atoms with Crippen LogP contribution in [0.3, 0.4) is 0 Å². The van der Waals surface area contributed by atoms with Gasteiger partial charge in [-0.1, -0.05) is 17.7 Å². The number of ether oxygens (including phenoxy) is 1. The normalized spacial score (nSPS) is 11.4. The summed E-state index contributed by atoms with van der Waals surface area (Å²) in [7, 11) is 1.53. The van der Waals surface area contributed by atoms with Gasteiger partial charge in [0.05, 0.1) is 17.7 Å². The minimum atomic E-state index is 0.155. The van der Waals surface area contributed by atoms with Crippen molar-refractivity contribution in [3.8, 4) is 5.75 Å². The van der Waals surface area contributed by atoms with Crippen molar-refractivity contribution in [2.75, 3.05) is 7.11 Å². The second-order valence-corrected chi connectivity index (χ2v) is 2.74. The minimum absolute atomic E-state index is 0.155. The molecule has 0 aromatic heterocycles. The van der Waals surface area contributed by atoms with Crippen molar-refractivity contribution in [2.45, 2.75) is 0 Å². The smallest absolute Gasteiger partial charge is 0.155 e. The number of rotatable bonds is 2. The Labute approximate surface area is 81.1 Å². The summed E-state index contributed by atoms with van der Waals surface area (Å²) in [5, 5.41) is 3.82. The van der Waals surface area contributed by atoms with Gasteiger partial charge in [-0.3, -0.25) is 0 Å². The largest absolute Gasteiger partial charge is 0.496 e. The van der Waals surface area contributed by atoms with Gasteiger partial charge >= 0.3 is 0 Å². The van der Waals surface area contributed by atoms with Crippen molar-refractivity contribution < 1.29 is 4.74 Å². The van der Waals surface area contributed by atoms with Gasteiger partial charge in [-0.25, -0.2) is 0 Å². The maximum atomic E-state index is 5.89. The van der Waals surface area contributed by atoms with E-state index in [0.29, 0.717) is 16.3 Å². The molecule has 70 valence electrons. The van der Waals surface area contributed by atoms with Gasteiger partial charge in [0.25, 0.3) is 0 Å². The lowest BCUT2D eigenvalue weighted by molar-refractivity contribution is 0.414. The lowest BCUT2D eigenvalue weighted by Gasteiger charge is -2.08. The molecule has 0 saturated heterocycles. The Morgan fingerprint density at radius 1 is 1.54 bits per heavy atom. The molecule has 0 aliphatic carbocycles. The Kier molecular flexibility index (Phi) is 2.97. The van der Waals surface area contributed by atoms with Crippen molar-refractivity contribution in [3.05, 3.63) is 28.8 Å². The number of hydrogen-bond acceptors (Lipinski definition) is 3. The van der Waals surface area contributed by atoms with Crippen LogP contribution < -0.4 is 16.3 Å². The molecule has 0 aliphatic rings. The van der Waals surface area contributed by atoms with Crippen LogP contribution in [0.1, 0.15) is 5.56 Å². The Bertz CT molecular complexity index is 338. The first-order chi connectivity index (χ1) is 6.20. The van der Waals surface area contributed by atoms with Gasteiger partial charge in [0.1, 0.15) is 5.75 Å². The van der Waals surface area contributed by atoms with Crippen LogP contribution in [0.25, 0.3) is 0 Å². The molecule has 0 bridgehead atoms. The van der Waals surface area contributed by atoms with Crippen LogP contribution in [0.15, 0.2) is 23.3 Å². The lowest BCUT2D eigenvalue weighted by Crippen LogP contribution is -2.17. The van der Waals surface area contributed by atoms with Crippen molar-refractivity contribution in [2.24, 2.45) is 16.7 Å². The van der Waals surface area contributed by atoms with Crippen LogP contribution in [0.4, 0.5) is 0 Å². The molecule has 0 atom stereocenters. The van der Waals surface area contributed by atoms with Gasteiger partial charge in [0.15, 0.2) is 5.84 Å². The van der Waals surface area contributed by atoms with Crippen LogP contribution in [0, 0.1) is 0 Å². The first kappa shape index (κ1) is 9.67. The summed E-state index contributed by atoms with van der Waals surface area (Å²) in [6.45, 7) is 0. The topological polar surface area (TPSA) is 73.6 Å². The van der Waals surface area contributed by atoms with E-state index in [-0.39, 0.29) is 5.84 Å². The standard InChI is InChI=1S/C8H10ClN3O/c1-13-6-4-2-3-5(9)7(6)8(10)12-11/h2-4H,11H2,1H3,(H2,10,12). The zero-order valence-corrected chi connectivity index (χ0v) is 7.88. The van der Waals surface area contributed by atoms with E-state index in [0.717, 1.165) is 0 Å². The highest BCUT2D eigenvalue weighted by molar-refractivity contribution is 6.34. The molecule has 0 saturated carbocycles. The predicted octanol–water partition coefficient (Wildman–Crippen LogP) is 0.928. The third-order valence-electron chi connectivity index (χ3n) is 1.59. The molecule has 4 nitrogen and oxygen atoms in total. The van der Waals surface area contributed by atoms with E-state index in [4.69, 9.17) is 27.9 Å². The maximum Gasteiger partial charge on any atom is 0.155 e. The number of benzene rings is 1. The summed E-state index contributed by atoms with van der Waals surface area (Å²) in [5.74, 6) is 5.76. The van der Waals surface area contributed by atoms with Crippen molar-refractivity contribution in [1.29, 1.82) is 0 Å². The summed E-state index contributed by atoms with van der Waals surface area (Å²) in [6, 6.07) is 5.19. The molecule has 5 heteroatoms. The molecule has 0 radical (unpaired) electrons. The van der Waals surface area contributed by atoms with E-state index >= 15 is 0 Å². The maximum absolute atomic E-state index is 5.89. The van der Waals surface area contributed by atoms with Crippen LogP contribution in [-0.4, -0.2) is 12.9 Å². The number of amidine groups is 1. The van der Waals surface area contributed by atoms with Gasteiger partial charge < -0.3 is 16.3 Å². The molecule has 1 rings (SSSR count). The molecule has 0 fully saturated rings. The van der Waals surface area contributed by atoms with Crippen molar-refractivity contribution in [1.82, 2.24) is 0 Å². The molecule has 0 heterocycles. The van der Waals surface area contributed by atoms with Gasteiger partial charge in [0, 0.05) is 0 Å². The Hall–Kier alpha value is -1.42. The van der Waals surface area contributed by atoms with Gasteiger partial charge in [0.2, 0.25) is 0 Å². The number of hydrazone groups is 1. The molecular formula is C8H10ClN3O. The van der Waals surface area contributed by atoms with Crippen LogP contribution in [-0.2, 0) is 0 Å². The lowest BCUT2D eigenvalue weighted by atomic mass is 10.2. The Balaban J connectivity index is 3.31. The molecule has 0 aliphatic heterocycles. The van der Waals surface area contributed by atoms with E-state index in [2.05, 4.69) is 5.10 Å². The van der Waals surface area contributed by atoms with E-state index in [9.17, 15) is 0 Å². The molecule has 13 heavy (non-hydrogen) atoms. The molecule has 1 aromatic carbocycles. The molecule has 0 spiro atoms. The Morgan fingerprint density at radius 3 is 2.77 bits per heavy atom. The predicted molar refractivity (Wildman–Crippen MR) is 52.9 cm³/mol. The molecule has 0 amide bonds. The number of hydrogen-bond donors (Lipinski definition) is 2.